The quantitative estimate of drug-likeness (QED) is 0.695. The fourth-order valence-corrected chi connectivity index (χ4v) is 1.65. The van der Waals surface area contributed by atoms with E-state index in [0.29, 0.717) is 19.1 Å². The highest BCUT2D eigenvalue weighted by Gasteiger charge is 1.98. The molecule has 0 fully saturated rings. The van der Waals surface area contributed by atoms with E-state index in [4.69, 9.17) is 9.47 Å². The minimum atomic E-state index is 0.262. The number of hydrogen-bond donors (Lipinski definition) is 1. The highest BCUT2D eigenvalue weighted by Crippen LogP contribution is 2.12. The van der Waals surface area contributed by atoms with Crippen LogP contribution in [0, 0.1) is 5.92 Å². The third-order valence-corrected chi connectivity index (χ3v) is 2.61. The molecule has 108 valence electrons. The Bertz CT molecular complexity index is 333. The van der Waals surface area contributed by atoms with Gasteiger partial charge in [-0.25, -0.2) is 0 Å². The van der Waals surface area contributed by atoms with Crippen molar-refractivity contribution >= 4 is 0 Å². The Morgan fingerprint density at radius 3 is 2.26 bits per heavy atom. The first-order valence-electron chi connectivity index (χ1n) is 7.12. The predicted octanol–water partition coefficient (Wildman–Crippen LogP) is 3.24. The molecular weight excluding hydrogens is 238 g/mol. The number of hydrogen-bond acceptors (Lipinski definition) is 3. The minimum Gasteiger partial charge on any atom is -0.491 e. The summed E-state index contributed by atoms with van der Waals surface area (Å²) in [6.07, 6.45) is 0.262. The third-order valence-electron chi connectivity index (χ3n) is 2.61. The molecule has 1 aromatic carbocycles. The highest BCUT2D eigenvalue weighted by molar-refractivity contribution is 5.27. The number of rotatable bonds is 9. The second kappa shape index (κ2) is 8.94. The summed E-state index contributed by atoms with van der Waals surface area (Å²) in [5, 5.41) is 3.42. The molecule has 1 rings (SSSR count). The summed E-state index contributed by atoms with van der Waals surface area (Å²) in [7, 11) is 0. The van der Waals surface area contributed by atoms with Crippen molar-refractivity contribution in [2.75, 3.05) is 19.8 Å². The van der Waals surface area contributed by atoms with Crippen LogP contribution in [0.25, 0.3) is 0 Å². The summed E-state index contributed by atoms with van der Waals surface area (Å²) in [6, 6.07) is 8.24. The SMILES string of the molecule is CC(C)CNCc1ccc(OCCOC(C)C)cc1. The molecule has 0 spiro atoms. The second-order valence-electron chi connectivity index (χ2n) is 5.44. The van der Waals surface area contributed by atoms with E-state index in [1.165, 1.54) is 5.56 Å². The van der Waals surface area contributed by atoms with Crippen LogP contribution in [0.4, 0.5) is 0 Å². The van der Waals surface area contributed by atoms with Crippen LogP contribution in [0.5, 0.6) is 5.75 Å². The smallest absolute Gasteiger partial charge is 0.119 e. The first-order chi connectivity index (χ1) is 9.08. The highest BCUT2D eigenvalue weighted by atomic mass is 16.5. The number of benzene rings is 1. The maximum absolute atomic E-state index is 5.61. The van der Waals surface area contributed by atoms with Crippen molar-refractivity contribution in [2.45, 2.75) is 40.3 Å². The van der Waals surface area contributed by atoms with Gasteiger partial charge in [0.05, 0.1) is 12.7 Å². The van der Waals surface area contributed by atoms with Crippen molar-refractivity contribution < 1.29 is 9.47 Å². The number of nitrogens with one attached hydrogen (secondary N) is 1. The maximum atomic E-state index is 5.61. The van der Waals surface area contributed by atoms with Gasteiger partial charge in [0, 0.05) is 6.54 Å². The van der Waals surface area contributed by atoms with Crippen molar-refractivity contribution in [3.63, 3.8) is 0 Å². The van der Waals surface area contributed by atoms with Crippen LogP contribution < -0.4 is 10.1 Å². The lowest BCUT2D eigenvalue weighted by Gasteiger charge is -2.10. The van der Waals surface area contributed by atoms with Crippen LogP contribution in [0.3, 0.4) is 0 Å². The normalized spacial score (nSPS) is 11.3. The summed E-state index contributed by atoms with van der Waals surface area (Å²) < 4.78 is 11.0. The lowest BCUT2D eigenvalue weighted by atomic mass is 10.2. The Hall–Kier alpha value is -1.06. The van der Waals surface area contributed by atoms with E-state index in [0.717, 1.165) is 18.8 Å². The third kappa shape index (κ3) is 7.85. The molecular formula is C16H27NO2. The molecule has 1 aromatic rings. The van der Waals surface area contributed by atoms with E-state index in [1.807, 2.05) is 26.0 Å². The molecule has 0 aliphatic heterocycles. The lowest BCUT2D eigenvalue weighted by molar-refractivity contribution is 0.0552. The van der Waals surface area contributed by atoms with Crippen molar-refractivity contribution in [1.82, 2.24) is 5.32 Å². The monoisotopic (exact) mass is 265 g/mol. The topological polar surface area (TPSA) is 30.5 Å². The molecule has 3 nitrogen and oxygen atoms in total. The van der Waals surface area contributed by atoms with Crippen LogP contribution in [0.1, 0.15) is 33.3 Å². The summed E-state index contributed by atoms with van der Waals surface area (Å²) in [5.74, 6) is 1.59. The predicted molar refractivity (Wildman–Crippen MR) is 79.6 cm³/mol. The van der Waals surface area contributed by atoms with Crippen molar-refractivity contribution in [1.29, 1.82) is 0 Å². The summed E-state index contributed by atoms with van der Waals surface area (Å²) in [5.41, 5.74) is 1.28. The first kappa shape index (κ1) is 16.0. The van der Waals surface area contributed by atoms with E-state index < -0.39 is 0 Å². The molecule has 0 heterocycles. The van der Waals surface area contributed by atoms with Gasteiger partial charge in [-0.05, 0) is 44.0 Å². The van der Waals surface area contributed by atoms with Crippen LogP contribution in [-0.2, 0) is 11.3 Å². The Morgan fingerprint density at radius 1 is 1.00 bits per heavy atom. The Morgan fingerprint density at radius 2 is 1.68 bits per heavy atom. The van der Waals surface area contributed by atoms with E-state index in [2.05, 4.69) is 31.3 Å². The van der Waals surface area contributed by atoms with Crippen LogP contribution in [-0.4, -0.2) is 25.9 Å². The zero-order valence-electron chi connectivity index (χ0n) is 12.6. The van der Waals surface area contributed by atoms with Crippen molar-refractivity contribution in [3.05, 3.63) is 29.8 Å². The van der Waals surface area contributed by atoms with Gasteiger partial charge in [-0.15, -0.1) is 0 Å². The van der Waals surface area contributed by atoms with E-state index >= 15 is 0 Å². The fraction of sp³-hybridized carbons (Fsp3) is 0.625. The lowest BCUT2D eigenvalue weighted by Crippen LogP contribution is -2.18. The van der Waals surface area contributed by atoms with Crippen LogP contribution >= 0.6 is 0 Å². The minimum absolute atomic E-state index is 0.262. The van der Waals surface area contributed by atoms with Crippen LogP contribution in [0.2, 0.25) is 0 Å². The molecule has 1 N–H and O–H groups in total. The average molecular weight is 265 g/mol. The molecule has 0 saturated carbocycles. The fourth-order valence-electron chi connectivity index (χ4n) is 1.65. The van der Waals surface area contributed by atoms with Crippen molar-refractivity contribution in [3.8, 4) is 5.75 Å². The standard InChI is InChI=1S/C16H27NO2/c1-13(2)11-17-12-15-5-7-16(8-6-15)19-10-9-18-14(3)4/h5-8,13-14,17H,9-12H2,1-4H3. The molecule has 0 bridgehead atoms. The van der Waals surface area contributed by atoms with Gasteiger partial charge >= 0.3 is 0 Å². The largest absolute Gasteiger partial charge is 0.491 e. The first-order valence-corrected chi connectivity index (χ1v) is 7.12. The molecule has 0 radical (unpaired) electrons. The molecule has 0 aliphatic rings. The van der Waals surface area contributed by atoms with Gasteiger partial charge in [-0.1, -0.05) is 26.0 Å². The second-order valence-corrected chi connectivity index (χ2v) is 5.44. The summed E-state index contributed by atoms with van der Waals surface area (Å²) in [4.78, 5) is 0. The van der Waals surface area contributed by atoms with Gasteiger partial charge in [0.25, 0.3) is 0 Å². The zero-order chi connectivity index (χ0) is 14.1. The number of ether oxygens (including phenoxy) is 2. The molecule has 0 aliphatic carbocycles. The van der Waals surface area contributed by atoms with E-state index in [1.54, 1.807) is 0 Å². The van der Waals surface area contributed by atoms with Gasteiger partial charge in [0.1, 0.15) is 12.4 Å². The molecule has 0 saturated heterocycles. The van der Waals surface area contributed by atoms with Gasteiger partial charge < -0.3 is 14.8 Å². The molecule has 3 heteroatoms. The molecule has 0 atom stereocenters. The van der Waals surface area contributed by atoms with Crippen molar-refractivity contribution in [2.24, 2.45) is 5.92 Å². The summed E-state index contributed by atoms with van der Waals surface area (Å²) in [6.45, 7) is 11.7. The summed E-state index contributed by atoms with van der Waals surface area (Å²) >= 11 is 0. The Balaban J connectivity index is 2.23. The molecule has 0 unspecified atom stereocenters. The van der Waals surface area contributed by atoms with Crippen LogP contribution in [0.15, 0.2) is 24.3 Å². The van der Waals surface area contributed by atoms with Gasteiger partial charge in [-0.2, -0.15) is 0 Å². The van der Waals surface area contributed by atoms with E-state index in [9.17, 15) is 0 Å². The van der Waals surface area contributed by atoms with E-state index in [-0.39, 0.29) is 6.10 Å². The average Bonchev–Trinajstić information content (AvgIpc) is 2.36. The Labute approximate surface area is 117 Å². The van der Waals surface area contributed by atoms with Gasteiger partial charge in [-0.3, -0.25) is 0 Å². The Kier molecular flexibility index (Phi) is 7.53. The van der Waals surface area contributed by atoms with Gasteiger partial charge in [0.2, 0.25) is 0 Å². The zero-order valence-corrected chi connectivity index (χ0v) is 12.6. The molecule has 19 heavy (non-hydrogen) atoms. The molecule has 0 aromatic heterocycles. The van der Waals surface area contributed by atoms with Gasteiger partial charge in [0.15, 0.2) is 0 Å². The molecule has 0 amide bonds. The maximum Gasteiger partial charge on any atom is 0.119 e.